The normalized spacial score (nSPS) is 17.5. The Morgan fingerprint density at radius 1 is 1.15 bits per heavy atom. The van der Waals surface area contributed by atoms with Crippen LogP contribution in [0.5, 0.6) is 5.88 Å². The van der Waals surface area contributed by atoms with E-state index in [-0.39, 0.29) is 49.7 Å². The third kappa shape index (κ3) is 7.91. The van der Waals surface area contributed by atoms with Gasteiger partial charge in [-0.05, 0) is 0 Å². The van der Waals surface area contributed by atoms with Gasteiger partial charge in [0, 0.05) is 0 Å². The Kier molecular flexibility index (Phi) is 10.7. The number of amides is 3. The molecule has 0 radical (unpaired) electrons. The molecule has 0 unspecified atom stereocenters. The molecule has 3 amide bonds. The summed E-state index contributed by atoms with van der Waals surface area (Å²) in [6.07, 6.45) is 1.78. The molecular formula is C27H32N5O7P. The number of hydrogen-bond donors (Lipinski definition) is 1. The summed E-state index contributed by atoms with van der Waals surface area (Å²) in [6.45, 7) is 4.39. The average molecular weight is 570 g/mol. The molecule has 2 aliphatic rings. The predicted octanol–water partition coefficient (Wildman–Crippen LogP) is 2.74. The van der Waals surface area contributed by atoms with Crippen molar-refractivity contribution in [2.45, 2.75) is 38.3 Å². The standard InChI is InChI=1S/C27H32N5O7P/c1-2-3-14-38-27(35)32-12-10-31(11-13-32)26(34)22(18-40-36)29-25(33)21-16-23(39-20-9-15-37-17-20)30-24(28-21)19-7-5-4-6-8-19/h4-8,16,20,22H,2-3,9-15,17H2,1H3,(H,29,33)/t20-,22-/m0/s1. The number of carbonyl (C=O) groups is 3. The maximum atomic E-state index is 13.3. The molecule has 1 N–H and O–H groups in total. The molecular weight excluding hydrogens is 537 g/mol. The SMILES string of the molecule is CCCCOC(=O)N1CCN(C(=O)[C@H](C#P=O)NC(=O)c2cc(O[C@H]3CCOC3)nc(-c3ccccc3)n2)CC1. The van der Waals surface area contributed by atoms with E-state index in [2.05, 4.69) is 20.9 Å². The van der Waals surface area contributed by atoms with Crippen LogP contribution in [0.15, 0.2) is 36.4 Å². The molecule has 2 aromatic rings. The van der Waals surface area contributed by atoms with Gasteiger partial charge in [0.05, 0.1) is 0 Å². The second kappa shape index (κ2) is 14.6. The Hall–Kier alpha value is -3.72. The second-order valence-electron chi connectivity index (χ2n) is 9.29. The molecule has 212 valence electrons. The average Bonchev–Trinajstić information content (AvgIpc) is 3.50. The summed E-state index contributed by atoms with van der Waals surface area (Å²) < 4.78 is 28.0. The molecule has 13 heteroatoms. The number of ether oxygens (including phenoxy) is 3. The molecule has 2 fully saturated rings. The molecule has 2 saturated heterocycles. The van der Waals surface area contributed by atoms with Crippen LogP contribution in [0, 0.1) is 5.63 Å². The first-order chi connectivity index (χ1) is 19.5. The quantitative estimate of drug-likeness (QED) is 0.357. The molecule has 40 heavy (non-hydrogen) atoms. The van der Waals surface area contributed by atoms with Crippen molar-refractivity contribution < 1.29 is 33.2 Å². The van der Waals surface area contributed by atoms with E-state index >= 15 is 0 Å². The Balaban J connectivity index is 1.45. The Morgan fingerprint density at radius 2 is 1.90 bits per heavy atom. The Bertz CT molecular complexity index is 1290. The number of nitrogens with one attached hydrogen (secondary N) is 1. The number of carbonyl (C=O) groups excluding carboxylic acids is 3. The van der Waals surface area contributed by atoms with Crippen molar-refractivity contribution in [1.82, 2.24) is 25.1 Å². The number of unbranched alkanes of at least 4 members (excludes halogenated alkanes) is 1. The summed E-state index contributed by atoms with van der Waals surface area (Å²) in [5.74, 6) is -0.691. The van der Waals surface area contributed by atoms with Gasteiger partial charge in [-0.3, -0.25) is 0 Å². The van der Waals surface area contributed by atoms with Gasteiger partial charge in [-0.15, -0.1) is 0 Å². The van der Waals surface area contributed by atoms with E-state index in [9.17, 15) is 18.9 Å². The van der Waals surface area contributed by atoms with E-state index in [1.165, 1.54) is 15.9 Å². The topological polar surface area (TPSA) is 140 Å². The summed E-state index contributed by atoms with van der Waals surface area (Å²) in [6, 6.07) is 9.23. The van der Waals surface area contributed by atoms with Gasteiger partial charge < -0.3 is 0 Å². The van der Waals surface area contributed by atoms with E-state index in [4.69, 9.17) is 14.2 Å². The molecule has 0 bridgehead atoms. The fourth-order valence-corrected chi connectivity index (χ4v) is 4.47. The molecule has 4 rings (SSSR count). The fraction of sp³-hybridized carbons (Fsp3) is 0.481. The van der Waals surface area contributed by atoms with Crippen molar-refractivity contribution >= 4 is 25.8 Å². The first-order valence-electron chi connectivity index (χ1n) is 13.3. The van der Waals surface area contributed by atoms with Gasteiger partial charge in [-0.1, -0.05) is 6.92 Å². The number of rotatable bonds is 9. The minimum absolute atomic E-state index is 0.0235. The van der Waals surface area contributed by atoms with Crippen LogP contribution in [0.25, 0.3) is 11.4 Å². The summed E-state index contributed by atoms with van der Waals surface area (Å²) in [5, 5.41) is 2.58. The molecule has 3 heterocycles. The van der Waals surface area contributed by atoms with E-state index in [0.29, 0.717) is 31.8 Å². The number of benzene rings is 1. The van der Waals surface area contributed by atoms with Crippen LogP contribution in [-0.4, -0.2) is 95.8 Å². The molecule has 2 aliphatic heterocycles. The molecule has 1 aromatic carbocycles. The van der Waals surface area contributed by atoms with Crippen LogP contribution < -0.4 is 10.1 Å². The van der Waals surface area contributed by atoms with Crippen molar-refractivity contribution in [2.75, 3.05) is 46.0 Å². The summed E-state index contributed by atoms with van der Waals surface area (Å²) in [4.78, 5) is 50.6. The molecule has 2 atom stereocenters. The van der Waals surface area contributed by atoms with E-state index in [1.807, 2.05) is 37.3 Å². The van der Waals surface area contributed by atoms with Crippen LogP contribution in [0.2, 0.25) is 0 Å². The third-order valence-corrected chi connectivity index (χ3v) is 6.78. The van der Waals surface area contributed by atoms with Crippen molar-refractivity contribution in [1.29, 1.82) is 0 Å². The number of piperazine rings is 1. The van der Waals surface area contributed by atoms with Gasteiger partial charge in [0.15, 0.2) is 0 Å². The van der Waals surface area contributed by atoms with E-state index in [1.54, 1.807) is 0 Å². The van der Waals surface area contributed by atoms with Crippen LogP contribution in [0.1, 0.15) is 36.7 Å². The maximum absolute atomic E-state index is 13.3. The molecule has 12 nitrogen and oxygen atoms in total. The number of nitrogens with zero attached hydrogens (tertiary/aromatic N) is 4. The van der Waals surface area contributed by atoms with E-state index in [0.717, 1.165) is 12.8 Å². The number of hydrogen-bond acceptors (Lipinski definition) is 9. The molecule has 1 aromatic heterocycles. The Morgan fingerprint density at radius 3 is 2.58 bits per heavy atom. The first-order valence-corrected chi connectivity index (χ1v) is 14.1. The zero-order valence-corrected chi connectivity index (χ0v) is 23.2. The monoisotopic (exact) mass is 569 g/mol. The molecule has 0 aliphatic carbocycles. The summed E-state index contributed by atoms with van der Waals surface area (Å²) in [5.41, 5.74) is 3.12. The van der Waals surface area contributed by atoms with Gasteiger partial charge in [0.1, 0.15) is 0 Å². The number of aromatic nitrogens is 2. The molecule has 0 saturated carbocycles. The third-order valence-electron chi connectivity index (χ3n) is 6.42. The zero-order chi connectivity index (χ0) is 28.3. The Labute approximate surface area is 233 Å². The second-order valence-corrected chi connectivity index (χ2v) is 9.73. The fourth-order valence-electron chi connectivity index (χ4n) is 4.19. The van der Waals surface area contributed by atoms with Crippen molar-refractivity contribution in [3.63, 3.8) is 0 Å². The van der Waals surface area contributed by atoms with Crippen molar-refractivity contribution in [3.8, 4) is 22.9 Å². The van der Waals surface area contributed by atoms with Gasteiger partial charge in [-0.25, -0.2) is 0 Å². The van der Waals surface area contributed by atoms with Gasteiger partial charge >= 0.3 is 226 Å². The minimum atomic E-state index is -1.29. The summed E-state index contributed by atoms with van der Waals surface area (Å²) in [7, 11) is -0.543. The van der Waals surface area contributed by atoms with Gasteiger partial charge in [0.25, 0.3) is 0 Å². The van der Waals surface area contributed by atoms with E-state index < -0.39 is 31.9 Å². The van der Waals surface area contributed by atoms with Gasteiger partial charge in [0.2, 0.25) is 0 Å². The predicted molar refractivity (Wildman–Crippen MR) is 144 cm³/mol. The van der Waals surface area contributed by atoms with Crippen LogP contribution >= 0.6 is 7.92 Å². The van der Waals surface area contributed by atoms with Crippen LogP contribution in [0.4, 0.5) is 4.79 Å². The van der Waals surface area contributed by atoms with Crippen molar-refractivity contribution in [3.05, 3.63) is 42.1 Å². The first kappa shape index (κ1) is 29.3. The molecule has 0 spiro atoms. The van der Waals surface area contributed by atoms with Gasteiger partial charge in [-0.2, -0.15) is 0 Å². The van der Waals surface area contributed by atoms with Crippen LogP contribution in [0.3, 0.4) is 0 Å². The van der Waals surface area contributed by atoms with Crippen LogP contribution in [-0.2, 0) is 18.8 Å². The zero-order valence-electron chi connectivity index (χ0n) is 22.3. The van der Waals surface area contributed by atoms with Crippen molar-refractivity contribution in [2.24, 2.45) is 0 Å². The summed E-state index contributed by atoms with van der Waals surface area (Å²) >= 11 is 0.